The van der Waals surface area contributed by atoms with Crippen molar-refractivity contribution in [1.29, 1.82) is 0 Å². The van der Waals surface area contributed by atoms with Crippen molar-refractivity contribution in [2.75, 3.05) is 4.90 Å². The molecule has 0 saturated carbocycles. The molecule has 0 unspecified atom stereocenters. The second-order valence-corrected chi connectivity index (χ2v) is 7.30. The van der Waals surface area contributed by atoms with E-state index in [0.29, 0.717) is 5.69 Å². The van der Waals surface area contributed by atoms with Gasteiger partial charge >= 0.3 is 0 Å². The van der Waals surface area contributed by atoms with Crippen molar-refractivity contribution >= 4 is 29.3 Å². The van der Waals surface area contributed by atoms with Crippen molar-refractivity contribution in [3.63, 3.8) is 0 Å². The highest BCUT2D eigenvalue weighted by molar-refractivity contribution is 6.59. The van der Waals surface area contributed by atoms with Gasteiger partial charge in [-0.05, 0) is 48.6 Å². The lowest BCUT2D eigenvalue weighted by Crippen LogP contribution is -2.84. The highest BCUT2D eigenvalue weighted by atomic mass is 16.2. The van der Waals surface area contributed by atoms with Crippen LogP contribution in [0.15, 0.2) is 42.5 Å². The van der Waals surface area contributed by atoms with E-state index in [0.717, 1.165) is 38.5 Å². The molecular weight excluding hydrogens is 356 g/mol. The summed E-state index contributed by atoms with van der Waals surface area (Å²) in [5.41, 5.74) is 1.88. The van der Waals surface area contributed by atoms with Gasteiger partial charge in [0.05, 0.1) is 12.2 Å². The number of amides is 4. The number of likely N-dealkylation sites (tertiary alicyclic amines) is 1. The van der Waals surface area contributed by atoms with Gasteiger partial charge in [0.25, 0.3) is 29.0 Å². The molecule has 4 amide bonds. The molecule has 6 nitrogen and oxygen atoms in total. The number of imide groups is 2. The summed E-state index contributed by atoms with van der Waals surface area (Å²) in [6.45, 7) is 5.81. The summed E-state index contributed by atoms with van der Waals surface area (Å²) in [7, 11) is 0. The summed E-state index contributed by atoms with van der Waals surface area (Å²) >= 11 is 0. The fourth-order valence-electron chi connectivity index (χ4n) is 3.98. The Kier molecular flexibility index (Phi) is 3.96. The molecule has 2 aromatic carbocycles. The third kappa shape index (κ3) is 2.14. The monoisotopic (exact) mass is 376 g/mol. The molecule has 4 rings (SSSR count). The van der Waals surface area contributed by atoms with Gasteiger partial charge in [0.2, 0.25) is 0 Å². The van der Waals surface area contributed by atoms with Crippen LogP contribution in [0.25, 0.3) is 0 Å². The molecule has 2 heterocycles. The summed E-state index contributed by atoms with van der Waals surface area (Å²) in [6, 6.07) is 12.7. The van der Waals surface area contributed by atoms with Gasteiger partial charge in [-0.1, -0.05) is 43.3 Å². The number of β-lactam (4-membered cyclic amide) rings is 4. The van der Waals surface area contributed by atoms with Crippen LogP contribution in [0.5, 0.6) is 0 Å². The number of aryl methyl sites for hydroxylation is 3. The zero-order valence-corrected chi connectivity index (χ0v) is 16.0. The smallest absolute Gasteiger partial charge is 0.274 e. The Balaban J connectivity index is 1.61. The van der Waals surface area contributed by atoms with E-state index < -0.39 is 29.0 Å². The lowest BCUT2D eigenvalue weighted by atomic mass is 9.68. The van der Waals surface area contributed by atoms with Gasteiger partial charge in [0, 0.05) is 0 Å². The molecule has 6 heteroatoms. The molecule has 0 radical (unpaired) electrons. The molecule has 28 heavy (non-hydrogen) atoms. The lowest BCUT2D eigenvalue weighted by molar-refractivity contribution is -0.187. The SMILES string of the molecule is CCc1cc(C)c(N2C(=O)C3(C(=O)N(Cc4ccccc4)C3=O)C2=O)cc1C. The summed E-state index contributed by atoms with van der Waals surface area (Å²) in [6.07, 6.45) is 0.838. The standard InChI is InChI=1S/C22H20N2O4/c1-4-16-10-14(3)17(11-13(16)2)24-20(27)22(21(24)28)18(25)23(19(22)26)12-15-8-6-5-7-9-15/h5-11H,4,12H2,1-3H3. The maximum atomic E-state index is 12.9. The van der Waals surface area contributed by atoms with E-state index in [9.17, 15) is 19.2 Å². The minimum atomic E-state index is -2.17. The van der Waals surface area contributed by atoms with E-state index >= 15 is 0 Å². The van der Waals surface area contributed by atoms with Crippen LogP contribution in [0.3, 0.4) is 0 Å². The largest absolute Gasteiger partial charge is 0.285 e. The molecule has 2 saturated heterocycles. The van der Waals surface area contributed by atoms with Crippen LogP contribution in [-0.4, -0.2) is 28.5 Å². The van der Waals surface area contributed by atoms with Crippen LogP contribution in [0.2, 0.25) is 0 Å². The summed E-state index contributed by atoms with van der Waals surface area (Å²) in [4.78, 5) is 53.0. The molecule has 0 aromatic heterocycles. The maximum Gasteiger partial charge on any atom is 0.285 e. The average molecular weight is 376 g/mol. The van der Waals surface area contributed by atoms with Crippen LogP contribution in [0.1, 0.15) is 29.2 Å². The van der Waals surface area contributed by atoms with E-state index in [4.69, 9.17) is 0 Å². The van der Waals surface area contributed by atoms with Gasteiger partial charge in [-0.2, -0.15) is 0 Å². The van der Waals surface area contributed by atoms with Crippen molar-refractivity contribution in [1.82, 2.24) is 4.90 Å². The second-order valence-electron chi connectivity index (χ2n) is 7.30. The highest BCUT2D eigenvalue weighted by Gasteiger charge is 2.80. The number of benzene rings is 2. The summed E-state index contributed by atoms with van der Waals surface area (Å²) in [5.74, 6) is -2.95. The second kappa shape index (κ2) is 6.12. The third-order valence-corrected chi connectivity index (χ3v) is 5.64. The van der Waals surface area contributed by atoms with Gasteiger partial charge in [-0.3, -0.25) is 24.1 Å². The Morgan fingerprint density at radius 2 is 1.43 bits per heavy atom. The molecule has 0 aliphatic carbocycles. The number of carbonyl (C=O) groups is 4. The Morgan fingerprint density at radius 3 is 2.00 bits per heavy atom. The molecule has 0 atom stereocenters. The summed E-state index contributed by atoms with van der Waals surface area (Å²) < 4.78 is 0. The van der Waals surface area contributed by atoms with Crippen molar-refractivity contribution < 1.29 is 19.2 Å². The normalized spacial score (nSPS) is 17.8. The van der Waals surface area contributed by atoms with Crippen LogP contribution >= 0.6 is 0 Å². The Morgan fingerprint density at radius 1 is 0.821 bits per heavy atom. The van der Waals surface area contributed by atoms with Crippen LogP contribution in [0, 0.1) is 19.3 Å². The first kappa shape index (κ1) is 18.1. The maximum absolute atomic E-state index is 12.9. The number of rotatable bonds is 4. The molecular formula is C22H20N2O4. The predicted molar refractivity (Wildman–Crippen MR) is 102 cm³/mol. The van der Waals surface area contributed by atoms with Gasteiger partial charge in [0.1, 0.15) is 0 Å². The highest BCUT2D eigenvalue weighted by Crippen LogP contribution is 2.48. The molecule has 2 aliphatic heterocycles. The average Bonchev–Trinajstić information content (AvgIpc) is 2.69. The topological polar surface area (TPSA) is 74.8 Å². The van der Waals surface area contributed by atoms with Gasteiger partial charge < -0.3 is 0 Å². The fraction of sp³-hybridized carbons (Fsp3) is 0.273. The van der Waals surface area contributed by atoms with E-state index in [-0.39, 0.29) is 6.54 Å². The molecule has 0 N–H and O–H groups in total. The van der Waals surface area contributed by atoms with Gasteiger partial charge in [0.15, 0.2) is 0 Å². The first-order chi connectivity index (χ1) is 13.3. The number of carbonyl (C=O) groups excluding carboxylic acids is 4. The van der Waals surface area contributed by atoms with E-state index in [1.165, 1.54) is 0 Å². The quantitative estimate of drug-likeness (QED) is 0.606. The Bertz CT molecular complexity index is 1010. The van der Waals surface area contributed by atoms with Crippen LogP contribution in [-0.2, 0) is 32.1 Å². The first-order valence-corrected chi connectivity index (χ1v) is 9.23. The molecule has 2 fully saturated rings. The van der Waals surface area contributed by atoms with E-state index in [1.807, 2.05) is 32.9 Å². The van der Waals surface area contributed by atoms with E-state index in [2.05, 4.69) is 0 Å². The van der Waals surface area contributed by atoms with Gasteiger partial charge in [-0.25, -0.2) is 4.90 Å². The van der Waals surface area contributed by atoms with Crippen molar-refractivity contribution in [2.45, 2.75) is 33.7 Å². The fourth-order valence-corrected chi connectivity index (χ4v) is 3.98. The Hall–Kier alpha value is -3.28. The minimum Gasteiger partial charge on any atom is -0.274 e. The number of anilines is 1. The molecule has 2 aliphatic rings. The Labute approximate surface area is 162 Å². The number of hydrogen-bond donors (Lipinski definition) is 0. The minimum absolute atomic E-state index is 0.0597. The molecule has 0 bridgehead atoms. The van der Waals surface area contributed by atoms with E-state index in [1.54, 1.807) is 30.3 Å². The number of hydrogen-bond acceptors (Lipinski definition) is 4. The first-order valence-electron chi connectivity index (χ1n) is 9.23. The number of nitrogens with zero attached hydrogens (tertiary/aromatic N) is 2. The predicted octanol–water partition coefficient (Wildman–Crippen LogP) is 2.29. The third-order valence-electron chi connectivity index (χ3n) is 5.64. The molecule has 2 aromatic rings. The van der Waals surface area contributed by atoms with Crippen molar-refractivity contribution in [3.05, 3.63) is 64.7 Å². The molecule has 142 valence electrons. The van der Waals surface area contributed by atoms with Crippen LogP contribution < -0.4 is 4.90 Å². The zero-order valence-electron chi connectivity index (χ0n) is 16.0. The van der Waals surface area contributed by atoms with Crippen LogP contribution in [0.4, 0.5) is 5.69 Å². The zero-order chi connectivity index (χ0) is 20.2. The molecule has 1 spiro atoms. The summed E-state index contributed by atoms with van der Waals surface area (Å²) in [5, 5.41) is 0. The lowest BCUT2D eigenvalue weighted by Gasteiger charge is -2.52. The van der Waals surface area contributed by atoms with Crippen molar-refractivity contribution in [2.24, 2.45) is 5.41 Å². The van der Waals surface area contributed by atoms with Gasteiger partial charge in [-0.15, -0.1) is 0 Å². The van der Waals surface area contributed by atoms with Crippen molar-refractivity contribution in [3.8, 4) is 0 Å².